The molecule has 0 unspecified atom stereocenters. The highest BCUT2D eigenvalue weighted by molar-refractivity contribution is 5.80. The fraction of sp³-hybridized carbons (Fsp3) is 0.417. The molecule has 0 heterocycles. The molecule has 0 aliphatic rings. The molecule has 0 fully saturated rings. The van der Waals surface area contributed by atoms with Gasteiger partial charge in [-0.3, -0.25) is 4.79 Å². The molecule has 16 heavy (non-hydrogen) atoms. The molecule has 1 aromatic rings. The molecule has 0 aromatic heterocycles. The quantitative estimate of drug-likeness (QED) is 0.748. The van der Waals surface area contributed by atoms with Gasteiger partial charge in [0.2, 0.25) is 0 Å². The van der Waals surface area contributed by atoms with Crippen LogP contribution in [0.3, 0.4) is 0 Å². The molecular formula is C12H16O4. The summed E-state index contributed by atoms with van der Waals surface area (Å²) in [5.74, 6) is 1.00. The molecule has 0 bridgehead atoms. The van der Waals surface area contributed by atoms with Gasteiger partial charge in [0.1, 0.15) is 11.5 Å². The first-order valence-electron chi connectivity index (χ1n) is 5.25. The van der Waals surface area contributed by atoms with Gasteiger partial charge in [-0.25, -0.2) is 0 Å². The van der Waals surface area contributed by atoms with E-state index < -0.39 is 0 Å². The van der Waals surface area contributed by atoms with Crippen molar-refractivity contribution in [2.24, 2.45) is 0 Å². The zero-order valence-electron chi connectivity index (χ0n) is 9.53. The van der Waals surface area contributed by atoms with Crippen LogP contribution in [0.15, 0.2) is 12.1 Å². The van der Waals surface area contributed by atoms with Crippen LogP contribution in [-0.4, -0.2) is 24.6 Å². The summed E-state index contributed by atoms with van der Waals surface area (Å²) in [5, 5.41) is 9.18. The molecule has 0 saturated carbocycles. The maximum Gasteiger partial charge on any atom is 0.153 e. The van der Waals surface area contributed by atoms with Gasteiger partial charge in [0, 0.05) is 5.56 Å². The average Bonchev–Trinajstić information content (AvgIpc) is 2.31. The normalized spacial score (nSPS) is 9.94. The van der Waals surface area contributed by atoms with E-state index in [1.54, 1.807) is 12.1 Å². The first-order chi connectivity index (χ1) is 7.76. The van der Waals surface area contributed by atoms with Crippen LogP contribution in [0.25, 0.3) is 0 Å². The van der Waals surface area contributed by atoms with E-state index in [-0.39, 0.29) is 6.61 Å². The minimum atomic E-state index is -0.144. The molecule has 0 aliphatic heterocycles. The number of aliphatic hydroxyl groups excluding tert-OH is 1. The van der Waals surface area contributed by atoms with Crippen LogP contribution in [0.2, 0.25) is 0 Å². The Labute approximate surface area is 94.8 Å². The fourth-order valence-electron chi connectivity index (χ4n) is 1.40. The highest BCUT2D eigenvalue weighted by Gasteiger charge is 2.10. The van der Waals surface area contributed by atoms with Gasteiger partial charge in [0.05, 0.1) is 25.4 Å². The summed E-state index contributed by atoms with van der Waals surface area (Å²) in [6.07, 6.45) is 0.717. The number of ether oxygens (including phenoxy) is 2. The van der Waals surface area contributed by atoms with Crippen molar-refractivity contribution in [1.82, 2.24) is 0 Å². The number of aldehydes is 1. The Morgan fingerprint density at radius 3 is 2.31 bits per heavy atom. The van der Waals surface area contributed by atoms with Crippen LogP contribution < -0.4 is 9.47 Å². The lowest BCUT2D eigenvalue weighted by molar-refractivity contribution is 0.111. The van der Waals surface area contributed by atoms with Crippen molar-refractivity contribution in [3.63, 3.8) is 0 Å². The highest BCUT2D eigenvalue weighted by Crippen LogP contribution is 2.28. The van der Waals surface area contributed by atoms with Gasteiger partial charge >= 0.3 is 0 Å². The average molecular weight is 224 g/mol. The lowest BCUT2D eigenvalue weighted by Crippen LogP contribution is -2.02. The molecule has 0 aliphatic carbocycles. The molecule has 0 atom stereocenters. The maximum absolute atomic E-state index is 10.9. The third-order valence-corrected chi connectivity index (χ3v) is 2.09. The lowest BCUT2D eigenvalue weighted by atomic mass is 10.1. The van der Waals surface area contributed by atoms with Crippen LogP contribution in [0.4, 0.5) is 0 Å². The number of rotatable bonds is 6. The SMILES string of the molecule is CCOc1cc(CO)c(OCC)cc1C=O. The van der Waals surface area contributed by atoms with Gasteiger partial charge in [-0.15, -0.1) is 0 Å². The predicted molar refractivity (Wildman–Crippen MR) is 60.1 cm³/mol. The zero-order valence-corrected chi connectivity index (χ0v) is 9.53. The highest BCUT2D eigenvalue weighted by atomic mass is 16.5. The summed E-state index contributed by atoms with van der Waals surface area (Å²) in [7, 11) is 0. The Morgan fingerprint density at radius 1 is 1.19 bits per heavy atom. The van der Waals surface area contributed by atoms with Crippen LogP contribution in [0, 0.1) is 0 Å². The third-order valence-electron chi connectivity index (χ3n) is 2.09. The summed E-state index contributed by atoms with van der Waals surface area (Å²) in [6.45, 7) is 4.50. The lowest BCUT2D eigenvalue weighted by Gasteiger charge is -2.12. The maximum atomic E-state index is 10.9. The van der Waals surface area contributed by atoms with Gasteiger partial charge in [-0.2, -0.15) is 0 Å². The summed E-state index contributed by atoms with van der Waals surface area (Å²) in [4.78, 5) is 10.9. The summed E-state index contributed by atoms with van der Waals surface area (Å²) >= 11 is 0. The Morgan fingerprint density at radius 2 is 1.81 bits per heavy atom. The first kappa shape index (κ1) is 12.5. The summed E-state index contributed by atoms with van der Waals surface area (Å²) < 4.78 is 10.6. The van der Waals surface area contributed by atoms with Gasteiger partial charge < -0.3 is 14.6 Å². The van der Waals surface area contributed by atoms with Crippen molar-refractivity contribution in [2.45, 2.75) is 20.5 Å². The molecule has 1 aromatic carbocycles. The van der Waals surface area contributed by atoms with Gasteiger partial charge in [0.15, 0.2) is 6.29 Å². The molecule has 4 nitrogen and oxygen atoms in total. The van der Waals surface area contributed by atoms with Crippen molar-refractivity contribution in [3.8, 4) is 11.5 Å². The molecule has 1 rings (SSSR count). The Hall–Kier alpha value is -1.55. The second kappa shape index (κ2) is 6.12. The van der Waals surface area contributed by atoms with E-state index in [1.165, 1.54) is 0 Å². The van der Waals surface area contributed by atoms with Crippen molar-refractivity contribution in [1.29, 1.82) is 0 Å². The molecule has 0 radical (unpaired) electrons. The molecule has 88 valence electrons. The summed E-state index contributed by atoms with van der Waals surface area (Å²) in [5.41, 5.74) is 1.05. The number of hydrogen-bond donors (Lipinski definition) is 1. The number of hydrogen-bond acceptors (Lipinski definition) is 4. The number of aliphatic hydroxyl groups is 1. The van der Waals surface area contributed by atoms with E-state index in [1.807, 2.05) is 13.8 Å². The standard InChI is InChI=1S/C12H16O4/c1-3-15-11-5-10(8-14)12(16-4-2)6-9(11)7-13/h5-7,14H,3-4,8H2,1-2H3. The molecule has 1 N–H and O–H groups in total. The van der Waals surface area contributed by atoms with Gasteiger partial charge in [-0.05, 0) is 26.0 Å². The Bertz CT molecular complexity index is 360. The van der Waals surface area contributed by atoms with Crippen LogP contribution in [0.5, 0.6) is 11.5 Å². The Kier molecular flexibility index (Phi) is 4.79. The molecular weight excluding hydrogens is 208 g/mol. The van der Waals surface area contributed by atoms with Crippen molar-refractivity contribution in [3.05, 3.63) is 23.3 Å². The second-order valence-corrected chi connectivity index (χ2v) is 3.14. The van der Waals surface area contributed by atoms with Gasteiger partial charge in [-0.1, -0.05) is 0 Å². The third kappa shape index (κ3) is 2.73. The smallest absolute Gasteiger partial charge is 0.153 e. The van der Waals surface area contributed by atoms with Crippen LogP contribution in [0.1, 0.15) is 29.8 Å². The second-order valence-electron chi connectivity index (χ2n) is 3.14. The van der Waals surface area contributed by atoms with E-state index in [0.717, 1.165) is 0 Å². The van der Waals surface area contributed by atoms with E-state index in [4.69, 9.17) is 9.47 Å². The minimum Gasteiger partial charge on any atom is -0.493 e. The Balaban J connectivity index is 3.16. The van der Waals surface area contributed by atoms with Crippen LogP contribution in [-0.2, 0) is 6.61 Å². The fourth-order valence-corrected chi connectivity index (χ4v) is 1.40. The monoisotopic (exact) mass is 224 g/mol. The number of benzene rings is 1. The molecule has 4 heteroatoms. The van der Waals surface area contributed by atoms with Crippen molar-refractivity contribution < 1.29 is 19.4 Å². The molecule has 0 spiro atoms. The molecule has 0 saturated heterocycles. The number of carbonyl (C=O) groups excluding carboxylic acids is 1. The van der Waals surface area contributed by atoms with Gasteiger partial charge in [0.25, 0.3) is 0 Å². The van der Waals surface area contributed by atoms with Crippen molar-refractivity contribution >= 4 is 6.29 Å². The van der Waals surface area contributed by atoms with E-state index in [9.17, 15) is 9.90 Å². The van der Waals surface area contributed by atoms with E-state index >= 15 is 0 Å². The number of carbonyl (C=O) groups is 1. The first-order valence-corrected chi connectivity index (χ1v) is 5.25. The van der Waals surface area contributed by atoms with E-state index in [2.05, 4.69) is 0 Å². The summed E-state index contributed by atoms with van der Waals surface area (Å²) in [6, 6.07) is 3.23. The van der Waals surface area contributed by atoms with Crippen LogP contribution >= 0.6 is 0 Å². The van der Waals surface area contributed by atoms with Crippen molar-refractivity contribution in [2.75, 3.05) is 13.2 Å². The minimum absolute atomic E-state index is 0.144. The largest absolute Gasteiger partial charge is 0.493 e. The van der Waals surface area contributed by atoms with E-state index in [0.29, 0.717) is 42.1 Å². The predicted octanol–water partition coefficient (Wildman–Crippen LogP) is 1.79. The zero-order chi connectivity index (χ0) is 12.0. The topological polar surface area (TPSA) is 55.8 Å². The molecule has 0 amide bonds.